The van der Waals surface area contributed by atoms with Crippen molar-refractivity contribution >= 4 is 22.4 Å². The number of hydrogen-bond donors (Lipinski definition) is 1. The van der Waals surface area contributed by atoms with E-state index in [-0.39, 0.29) is 0 Å². The van der Waals surface area contributed by atoms with Gasteiger partial charge in [0.25, 0.3) is 0 Å². The first-order valence-electron chi connectivity index (χ1n) is 5.43. The van der Waals surface area contributed by atoms with E-state index in [1.54, 1.807) is 5.38 Å². The monoisotopic (exact) mass is 256 g/mol. The van der Waals surface area contributed by atoms with Gasteiger partial charge in [0.15, 0.2) is 10.8 Å². The molecule has 0 bridgehead atoms. The van der Waals surface area contributed by atoms with Crippen LogP contribution in [0.4, 0.5) is 5.13 Å². The number of rotatable bonds is 3. The van der Waals surface area contributed by atoms with Crippen molar-refractivity contribution in [2.24, 2.45) is 0 Å². The Labute approximate surface area is 104 Å². The smallest absolute Gasteiger partial charge is 0.357 e. The molecule has 0 aliphatic carbocycles. The molecule has 6 nitrogen and oxygen atoms in total. The zero-order valence-electron chi connectivity index (χ0n) is 9.97. The van der Waals surface area contributed by atoms with Crippen molar-refractivity contribution < 1.29 is 9.53 Å². The molecule has 1 aromatic rings. The molecule has 1 N–H and O–H groups in total. The summed E-state index contributed by atoms with van der Waals surface area (Å²) in [5.41, 5.74) is 3.56. The predicted octanol–water partition coefficient (Wildman–Crippen LogP) is 0.504. The number of esters is 1. The summed E-state index contributed by atoms with van der Waals surface area (Å²) < 4.78 is 4.61. The lowest BCUT2D eigenvalue weighted by molar-refractivity contribution is 0.0595. The van der Waals surface area contributed by atoms with Gasteiger partial charge >= 0.3 is 5.97 Å². The van der Waals surface area contributed by atoms with Crippen LogP contribution in [0, 0.1) is 0 Å². The number of piperazine rings is 1. The normalized spacial score (nSPS) is 18.0. The molecule has 1 saturated heterocycles. The van der Waals surface area contributed by atoms with Crippen molar-refractivity contribution in [2.45, 2.75) is 0 Å². The Morgan fingerprint density at radius 3 is 2.82 bits per heavy atom. The third kappa shape index (κ3) is 3.15. The first kappa shape index (κ1) is 12.3. The summed E-state index contributed by atoms with van der Waals surface area (Å²) in [5.74, 6) is -0.396. The fourth-order valence-corrected chi connectivity index (χ4v) is 2.28. The molecule has 2 rings (SSSR count). The van der Waals surface area contributed by atoms with Gasteiger partial charge in [-0.3, -0.25) is 5.43 Å². The minimum atomic E-state index is -0.396. The maximum Gasteiger partial charge on any atom is 0.357 e. The molecule has 17 heavy (non-hydrogen) atoms. The molecule has 2 heterocycles. The largest absolute Gasteiger partial charge is 0.464 e. The predicted molar refractivity (Wildman–Crippen MR) is 66.1 cm³/mol. The van der Waals surface area contributed by atoms with Gasteiger partial charge in [-0.2, -0.15) is 0 Å². The van der Waals surface area contributed by atoms with Gasteiger partial charge in [0.05, 0.1) is 7.11 Å². The lowest BCUT2D eigenvalue weighted by Gasteiger charge is -2.32. The molecule has 1 aromatic heterocycles. The number of carbonyl (C=O) groups excluding carboxylic acids is 1. The summed E-state index contributed by atoms with van der Waals surface area (Å²) in [5, 5.41) is 4.54. The standard InChI is InChI=1S/C10H16N4O2S/c1-13-3-5-14(6-4-13)12-10-11-8(7-17-10)9(15)16-2/h7H,3-6H2,1-2H3,(H,11,12). The molecular formula is C10H16N4O2S. The Balaban J connectivity index is 1.90. The maximum atomic E-state index is 11.2. The van der Waals surface area contributed by atoms with E-state index in [0.717, 1.165) is 31.3 Å². The van der Waals surface area contributed by atoms with Crippen LogP contribution in [0.2, 0.25) is 0 Å². The average Bonchev–Trinajstić information content (AvgIpc) is 2.80. The van der Waals surface area contributed by atoms with Crippen molar-refractivity contribution in [3.63, 3.8) is 0 Å². The van der Waals surface area contributed by atoms with Crippen molar-refractivity contribution in [1.29, 1.82) is 0 Å². The summed E-state index contributed by atoms with van der Waals surface area (Å²) in [4.78, 5) is 17.7. The number of carbonyl (C=O) groups is 1. The quantitative estimate of drug-likeness (QED) is 0.795. The highest BCUT2D eigenvalue weighted by Crippen LogP contribution is 2.17. The highest BCUT2D eigenvalue weighted by Gasteiger charge is 2.16. The fraction of sp³-hybridized carbons (Fsp3) is 0.600. The Morgan fingerprint density at radius 1 is 1.47 bits per heavy atom. The number of likely N-dealkylation sites (N-methyl/N-ethyl adjacent to an activating group) is 1. The Kier molecular flexibility index (Phi) is 3.93. The summed E-state index contributed by atoms with van der Waals surface area (Å²) >= 11 is 1.41. The van der Waals surface area contributed by atoms with Crippen LogP contribution < -0.4 is 5.43 Å². The highest BCUT2D eigenvalue weighted by atomic mass is 32.1. The molecule has 0 radical (unpaired) electrons. The number of methoxy groups -OCH3 is 1. The van der Waals surface area contributed by atoms with Crippen LogP contribution in [0.5, 0.6) is 0 Å². The van der Waals surface area contributed by atoms with E-state index >= 15 is 0 Å². The molecule has 1 fully saturated rings. The maximum absolute atomic E-state index is 11.2. The minimum Gasteiger partial charge on any atom is -0.464 e. The molecule has 0 unspecified atom stereocenters. The number of hydrazine groups is 1. The van der Waals surface area contributed by atoms with E-state index in [2.05, 4.69) is 32.1 Å². The minimum absolute atomic E-state index is 0.356. The topological polar surface area (TPSA) is 57.7 Å². The van der Waals surface area contributed by atoms with E-state index in [1.807, 2.05) is 0 Å². The Bertz CT molecular complexity index is 387. The van der Waals surface area contributed by atoms with Gasteiger partial charge in [-0.1, -0.05) is 0 Å². The number of hydrogen-bond acceptors (Lipinski definition) is 7. The van der Waals surface area contributed by atoms with Crippen molar-refractivity contribution in [3.05, 3.63) is 11.1 Å². The molecule has 0 atom stereocenters. The lowest BCUT2D eigenvalue weighted by Crippen LogP contribution is -2.46. The Hall–Kier alpha value is -1.18. The molecule has 94 valence electrons. The van der Waals surface area contributed by atoms with E-state index in [4.69, 9.17) is 0 Å². The van der Waals surface area contributed by atoms with Gasteiger partial charge in [-0.25, -0.2) is 14.8 Å². The van der Waals surface area contributed by atoms with Gasteiger partial charge in [-0.05, 0) is 7.05 Å². The van der Waals surface area contributed by atoms with Crippen LogP contribution in [0.25, 0.3) is 0 Å². The van der Waals surface area contributed by atoms with Crippen LogP contribution in [0.1, 0.15) is 10.5 Å². The van der Waals surface area contributed by atoms with Crippen molar-refractivity contribution in [3.8, 4) is 0 Å². The van der Waals surface area contributed by atoms with Gasteiger partial charge in [0.2, 0.25) is 0 Å². The molecular weight excluding hydrogens is 240 g/mol. The second kappa shape index (κ2) is 5.44. The average molecular weight is 256 g/mol. The second-order valence-electron chi connectivity index (χ2n) is 3.93. The molecule has 0 spiro atoms. The van der Waals surface area contributed by atoms with Crippen LogP contribution in [-0.4, -0.2) is 61.2 Å². The number of nitrogens with zero attached hydrogens (tertiary/aromatic N) is 3. The van der Waals surface area contributed by atoms with Gasteiger partial charge in [0.1, 0.15) is 0 Å². The third-order valence-corrected chi connectivity index (χ3v) is 3.40. The number of aromatic nitrogens is 1. The van der Waals surface area contributed by atoms with Crippen LogP contribution in [0.15, 0.2) is 5.38 Å². The molecule has 1 aliphatic heterocycles. The second-order valence-corrected chi connectivity index (χ2v) is 4.79. The zero-order valence-corrected chi connectivity index (χ0v) is 10.8. The van der Waals surface area contributed by atoms with Crippen LogP contribution >= 0.6 is 11.3 Å². The first-order chi connectivity index (χ1) is 8.19. The van der Waals surface area contributed by atoms with E-state index in [1.165, 1.54) is 18.4 Å². The van der Waals surface area contributed by atoms with Crippen molar-refractivity contribution in [2.75, 3.05) is 45.8 Å². The summed E-state index contributed by atoms with van der Waals surface area (Å²) in [6.45, 7) is 3.96. The van der Waals surface area contributed by atoms with Crippen LogP contribution in [-0.2, 0) is 4.74 Å². The van der Waals surface area contributed by atoms with E-state index < -0.39 is 5.97 Å². The van der Waals surface area contributed by atoms with Gasteiger partial charge < -0.3 is 9.64 Å². The number of ether oxygens (including phenoxy) is 1. The summed E-state index contributed by atoms with van der Waals surface area (Å²) in [7, 11) is 3.46. The van der Waals surface area contributed by atoms with E-state index in [9.17, 15) is 4.79 Å². The lowest BCUT2D eigenvalue weighted by atomic mass is 10.4. The molecule has 0 saturated carbocycles. The fourth-order valence-electron chi connectivity index (χ4n) is 1.58. The summed E-state index contributed by atoms with van der Waals surface area (Å²) in [6.07, 6.45) is 0. The molecule has 7 heteroatoms. The number of nitrogens with one attached hydrogen (secondary N) is 1. The number of thiazole rings is 1. The zero-order chi connectivity index (χ0) is 12.3. The van der Waals surface area contributed by atoms with Gasteiger partial charge in [-0.15, -0.1) is 11.3 Å². The third-order valence-electron chi connectivity index (χ3n) is 2.66. The SMILES string of the molecule is COC(=O)c1csc(NN2CCN(C)CC2)n1. The van der Waals surface area contributed by atoms with Crippen molar-refractivity contribution in [1.82, 2.24) is 14.9 Å². The molecule has 0 aromatic carbocycles. The van der Waals surface area contributed by atoms with E-state index in [0.29, 0.717) is 5.69 Å². The molecule has 0 amide bonds. The first-order valence-corrected chi connectivity index (χ1v) is 6.31. The molecule has 1 aliphatic rings. The summed E-state index contributed by atoms with van der Waals surface area (Å²) in [6, 6.07) is 0. The highest BCUT2D eigenvalue weighted by molar-refractivity contribution is 7.13. The van der Waals surface area contributed by atoms with Crippen LogP contribution in [0.3, 0.4) is 0 Å². The number of anilines is 1. The van der Waals surface area contributed by atoms with Gasteiger partial charge in [0, 0.05) is 31.6 Å². The Morgan fingerprint density at radius 2 is 2.18 bits per heavy atom.